The Morgan fingerprint density at radius 1 is 1.32 bits per heavy atom. The minimum absolute atomic E-state index is 0.126. The zero-order valence-electron chi connectivity index (χ0n) is 12.1. The van der Waals surface area contributed by atoms with Gasteiger partial charge >= 0.3 is 5.69 Å². The molecule has 6 nitrogen and oxygen atoms in total. The first-order valence-electron chi connectivity index (χ1n) is 6.79. The molecular weight excluding hydrogens is 244 g/mol. The Labute approximate surface area is 113 Å². The highest BCUT2D eigenvalue weighted by molar-refractivity contribution is 5.60. The minimum Gasteiger partial charge on any atom is -0.383 e. The highest BCUT2D eigenvalue weighted by Crippen LogP contribution is 2.16. The van der Waals surface area contributed by atoms with Crippen LogP contribution in [0.25, 0.3) is 0 Å². The zero-order chi connectivity index (χ0) is 14.6. The highest BCUT2D eigenvalue weighted by Gasteiger charge is 2.14. The van der Waals surface area contributed by atoms with Gasteiger partial charge in [-0.15, -0.1) is 0 Å². The number of aromatic amines is 1. The van der Waals surface area contributed by atoms with Crippen LogP contribution in [0, 0.1) is 5.92 Å². The average molecular weight is 268 g/mol. The van der Waals surface area contributed by atoms with E-state index in [1.165, 1.54) is 4.57 Å². The number of nitrogen functional groups attached to an aromatic ring is 1. The number of nitrogens with two attached hydrogens (primary N) is 1. The summed E-state index contributed by atoms with van der Waals surface area (Å²) in [6.07, 6.45) is 2.03. The van der Waals surface area contributed by atoms with Gasteiger partial charge in [0, 0.05) is 12.6 Å². The first kappa shape index (κ1) is 15.3. The molecule has 4 N–H and O–H groups in total. The number of rotatable bonds is 6. The predicted molar refractivity (Wildman–Crippen MR) is 78.6 cm³/mol. The summed E-state index contributed by atoms with van der Waals surface area (Å²) in [6.45, 7) is 8.54. The van der Waals surface area contributed by atoms with Gasteiger partial charge in [0.2, 0.25) is 0 Å². The van der Waals surface area contributed by atoms with Crippen molar-refractivity contribution in [2.45, 2.75) is 53.1 Å². The van der Waals surface area contributed by atoms with E-state index in [9.17, 15) is 9.59 Å². The van der Waals surface area contributed by atoms with Crippen molar-refractivity contribution < 1.29 is 0 Å². The summed E-state index contributed by atoms with van der Waals surface area (Å²) in [5.74, 6) is 0.770. The van der Waals surface area contributed by atoms with Gasteiger partial charge in [-0.05, 0) is 26.2 Å². The molecule has 0 fully saturated rings. The van der Waals surface area contributed by atoms with Crippen LogP contribution < -0.4 is 22.3 Å². The third-order valence-corrected chi connectivity index (χ3v) is 3.40. The third-order valence-electron chi connectivity index (χ3n) is 3.40. The van der Waals surface area contributed by atoms with Crippen molar-refractivity contribution in [1.82, 2.24) is 9.55 Å². The van der Waals surface area contributed by atoms with E-state index in [1.54, 1.807) is 0 Å². The Hall–Kier alpha value is -1.72. The van der Waals surface area contributed by atoms with E-state index in [0.717, 1.165) is 12.8 Å². The second-order valence-electron chi connectivity index (χ2n) is 5.06. The molecule has 0 saturated carbocycles. The van der Waals surface area contributed by atoms with E-state index in [2.05, 4.69) is 24.1 Å². The van der Waals surface area contributed by atoms with Crippen LogP contribution >= 0.6 is 0 Å². The Kier molecular flexibility index (Phi) is 5.20. The molecule has 0 aliphatic heterocycles. The number of nitrogens with zero attached hydrogens (tertiary/aromatic N) is 1. The van der Waals surface area contributed by atoms with Crippen LogP contribution in [0.2, 0.25) is 0 Å². The standard InChI is InChI=1S/C13H24N4O2/c1-5-8(3)7-9(4)15-10-11(14)17(6-2)13(19)16-12(10)18/h8-9,15H,5-7,14H2,1-4H3,(H,16,18,19). The molecule has 2 unspecified atom stereocenters. The molecule has 0 aromatic carbocycles. The SMILES string of the molecule is CCC(C)CC(C)Nc1c(N)n(CC)c(=O)[nH]c1=O. The molecule has 0 aliphatic carbocycles. The molecule has 1 aromatic heterocycles. The maximum atomic E-state index is 11.8. The lowest BCUT2D eigenvalue weighted by Gasteiger charge is -2.20. The van der Waals surface area contributed by atoms with Crippen LogP contribution in [0.3, 0.4) is 0 Å². The average Bonchev–Trinajstić information content (AvgIpc) is 2.34. The number of H-pyrrole nitrogens is 1. The van der Waals surface area contributed by atoms with Gasteiger partial charge in [-0.3, -0.25) is 14.3 Å². The van der Waals surface area contributed by atoms with Crippen molar-refractivity contribution >= 4 is 11.5 Å². The van der Waals surface area contributed by atoms with Gasteiger partial charge in [-0.2, -0.15) is 0 Å². The quantitative estimate of drug-likeness (QED) is 0.726. The molecule has 0 bridgehead atoms. The van der Waals surface area contributed by atoms with Crippen molar-refractivity contribution in [3.8, 4) is 0 Å². The van der Waals surface area contributed by atoms with Gasteiger partial charge in [0.1, 0.15) is 11.5 Å². The van der Waals surface area contributed by atoms with Gasteiger partial charge < -0.3 is 11.1 Å². The lowest BCUT2D eigenvalue weighted by molar-refractivity contribution is 0.483. The highest BCUT2D eigenvalue weighted by atomic mass is 16.2. The molecule has 0 saturated heterocycles. The summed E-state index contributed by atoms with van der Waals surface area (Å²) in [6, 6.07) is 0.126. The molecule has 0 radical (unpaired) electrons. The van der Waals surface area contributed by atoms with Crippen LogP contribution in [0.15, 0.2) is 9.59 Å². The molecule has 19 heavy (non-hydrogen) atoms. The number of hydrogen-bond acceptors (Lipinski definition) is 4. The zero-order valence-corrected chi connectivity index (χ0v) is 12.1. The summed E-state index contributed by atoms with van der Waals surface area (Å²) in [4.78, 5) is 25.6. The largest absolute Gasteiger partial charge is 0.383 e. The molecular formula is C13H24N4O2. The van der Waals surface area contributed by atoms with Crippen LogP contribution in [0.4, 0.5) is 11.5 Å². The van der Waals surface area contributed by atoms with E-state index in [4.69, 9.17) is 5.73 Å². The first-order chi connectivity index (χ1) is 8.90. The number of hydrogen-bond donors (Lipinski definition) is 3. The Morgan fingerprint density at radius 2 is 1.95 bits per heavy atom. The van der Waals surface area contributed by atoms with Gasteiger partial charge in [0.15, 0.2) is 0 Å². The summed E-state index contributed by atoms with van der Waals surface area (Å²) >= 11 is 0. The van der Waals surface area contributed by atoms with Crippen LogP contribution in [-0.2, 0) is 6.54 Å². The fourth-order valence-electron chi connectivity index (χ4n) is 2.12. The number of nitrogens with one attached hydrogen (secondary N) is 2. The fraction of sp³-hybridized carbons (Fsp3) is 0.692. The molecule has 0 amide bonds. The van der Waals surface area contributed by atoms with E-state index in [1.807, 2.05) is 13.8 Å². The third kappa shape index (κ3) is 3.62. The Morgan fingerprint density at radius 3 is 2.47 bits per heavy atom. The van der Waals surface area contributed by atoms with Gasteiger partial charge in [0.25, 0.3) is 5.56 Å². The Balaban J connectivity index is 3.02. The second-order valence-corrected chi connectivity index (χ2v) is 5.06. The first-order valence-corrected chi connectivity index (χ1v) is 6.79. The summed E-state index contributed by atoms with van der Waals surface area (Å²) in [5, 5.41) is 3.12. The van der Waals surface area contributed by atoms with E-state index >= 15 is 0 Å². The second kappa shape index (κ2) is 6.45. The van der Waals surface area contributed by atoms with Crippen molar-refractivity contribution in [2.24, 2.45) is 5.92 Å². The fourth-order valence-corrected chi connectivity index (χ4v) is 2.12. The van der Waals surface area contributed by atoms with Gasteiger partial charge in [-0.1, -0.05) is 20.3 Å². The van der Waals surface area contributed by atoms with Gasteiger partial charge in [-0.25, -0.2) is 4.79 Å². The maximum Gasteiger partial charge on any atom is 0.330 e. The Bertz CT molecular complexity index is 532. The van der Waals surface area contributed by atoms with E-state index in [0.29, 0.717) is 12.5 Å². The summed E-state index contributed by atoms with van der Waals surface area (Å²) in [7, 11) is 0. The topological polar surface area (TPSA) is 92.9 Å². The summed E-state index contributed by atoms with van der Waals surface area (Å²) in [5.41, 5.74) is 5.25. The molecule has 1 rings (SSSR count). The minimum atomic E-state index is -0.467. The summed E-state index contributed by atoms with van der Waals surface area (Å²) < 4.78 is 1.35. The lowest BCUT2D eigenvalue weighted by Crippen LogP contribution is -2.35. The normalized spacial score (nSPS) is 14.1. The molecule has 1 heterocycles. The maximum absolute atomic E-state index is 11.8. The monoisotopic (exact) mass is 268 g/mol. The van der Waals surface area contributed by atoms with Crippen molar-refractivity contribution in [2.75, 3.05) is 11.1 Å². The molecule has 1 aromatic rings. The predicted octanol–water partition coefficient (Wildman–Crippen LogP) is 1.38. The molecule has 108 valence electrons. The number of anilines is 2. The molecule has 6 heteroatoms. The lowest BCUT2D eigenvalue weighted by atomic mass is 10.0. The van der Waals surface area contributed by atoms with Crippen LogP contribution in [-0.4, -0.2) is 15.6 Å². The molecule has 0 aliphatic rings. The van der Waals surface area contributed by atoms with Crippen molar-refractivity contribution in [3.05, 3.63) is 20.8 Å². The van der Waals surface area contributed by atoms with Crippen molar-refractivity contribution in [1.29, 1.82) is 0 Å². The van der Waals surface area contributed by atoms with Crippen LogP contribution in [0.5, 0.6) is 0 Å². The smallest absolute Gasteiger partial charge is 0.330 e. The van der Waals surface area contributed by atoms with Crippen LogP contribution in [0.1, 0.15) is 40.5 Å². The molecule has 0 spiro atoms. The van der Waals surface area contributed by atoms with Crippen molar-refractivity contribution in [3.63, 3.8) is 0 Å². The van der Waals surface area contributed by atoms with E-state index in [-0.39, 0.29) is 17.5 Å². The van der Waals surface area contributed by atoms with Gasteiger partial charge in [0.05, 0.1) is 0 Å². The van der Waals surface area contributed by atoms with E-state index < -0.39 is 11.2 Å². The molecule has 2 atom stereocenters. The number of aromatic nitrogens is 2.